The highest BCUT2D eigenvalue weighted by atomic mass is 127. The number of nitrogens with one attached hydrogen (secondary N) is 1. The average molecular weight is 407 g/mol. The first-order chi connectivity index (χ1) is 9.59. The number of aryl methyl sites for hydroxylation is 2. The van der Waals surface area contributed by atoms with E-state index in [2.05, 4.69) is 22.4 Å². The van der Waals surface area contributed by atoms with E-state index in [0.29, 0.717) is 12.8 Å². The SMILES string of the molecule is I.NC(=NCC1(C(F)F)CC1)Nc1ccc2c(c1)CCC2. The average Bonchev–Trinajstić information content (AvgIpc) is 3.08. The van der Waals surface area contributed by atoms with E-state index in [9.17, 15) is 8.78 Å². The lowest BCUT2D eigenvalue weighted by Gasteiger charge is -2.12. The molecule has 1 fully saturated rings. The third kappa shape index (κ3) is 3.64. The molecule has 3 N–H and O–H groups in total. The largest absolute Gasteiger partial charge is 0.370 e. The first-order valence-corrected chi connectivity index (χ1v) is 7.06. The zero-order chi connectivity index (χ0) is 14.2. The van der Waals surface area contributed by atoms with Crippen LogP contribution in [0.3, 0.4) is 0 Å². The molecular formula is C15H20F2IN3. The smallest absolute Gasteiger partial charge is 0.245 e. The number of benzene rings is 1. The van der Waals surface area contributed by atoms with Crippen LogP contribution in [0.15, 0.2) is 23.2 Å². The van der Waals surface area contributed by atoms with Gasteiger partial charge >= 0.3 is 0 Å². The minimum absolute atomic E-state index is 0. The molecule has 2 aliphatic rings. The lowest BCUT2D eigenvalue weighted by Crippen LogP contribution is -2.25. The maximum absolute atomic E-state index is 12.8. The highest BCUT2D eigenvalue weighted by molar-refractivity contribution is 14.0. The number of hydrogen-bond donors (Lipinski definition) is 2. The number of anilines is 1. The van der Waals surface area contributed by atoms with Gasteiger partial charge in [0, 0.05) is 5.69 Å². The molecule has 0 radical (unpaired) electrons. The van der Waals surface area contributed by atoms with Crippen molar-refractivity contribution < 1.29 is 8.78 Å². The van der Waals surface area contributed by atoms with E-state index in [4.69, 9.17) is 5.73 Å². The molecule has 3 nitrogen and oxygen atoms in total. The molecule has 0 amide bonds. The van der Waals surface area contributed by atoms with Gasteiger partial charge in [-0.15, -0.1) is 24.0 Å². The van der Waals surface area contributed by atoms with E-state index < -0.39 is 11.8 Å². The van der Waals surface area contributed by atoms with Crippen molar-refractivity contribution >= 4 is 35.6 Å². The van der Waals surface area contributed by atoms with Crippen molar-refractivity contribution in [1.29, 1.82) is 0 Å². The fraction of sp³-hybridized carbons (Fsp3) is 0.533. The summed E-state index contributed by atoms with van der Waals surface area (Å²) in [5.41, 5.74) is 8.48. The van der Waals surface area contributed by atoms with Gasteiger partial charge in [-0.3, -0.25) is 4.99 Å². The van der Waals surface area contributed by atoms with E-state index in [0.717, 1.165) is 18.5 Å². The predicted molar refractivity (Wildman–Crippen MR) is 91.7 cm³/mol. The van der Waals surface area contributed by atoms with Crippen LogP contribution in [-0.4, -0.2) is 18.9 Å². The quantitative estimate of drug-likeness (QED) is 0.456. The van der Waals surface area contributed by atoms with E-state index in [1.807, 2.05) is 6.07 Å². The van der Waals surface area contributed by atoms with Crippen LogP contribution in [-0.2, 0) is 12.8 Å². The van der Waals surface area contributed by atoms with Gasteiger partial charge in [-0.25, -0.2) is 8.78 Å². The Morgan fingerprint density at radius 3 is 2.67 bits per heavy atom. The summed E-state index contributed by atoms with van der Waals surface area (Å²) in [6.45, 7) is 0.106. The molecular weight excluding hydrogens is 387 g/mol. The molecule has 6 heteroatoms. The van der Waals surface area contributed by atoms with E-state index in [1.165, 1.54) is 17.5 Å². The highest BCUT2D eigenvalue weighted by Gasteiger charge is 2.50. The minimum Gasteiger partial charge on any atom is -0.370 e. The fourth-order valence-corrected chi connectivity index (χ4v) is 2.69. The van der Waals surface area contributed by atoms with Gasteiger partial charge in [0.1, 0.15) is 0 Å². The molecule has 116 valence electrons. The van der Waals surface area contributed by atoms with Crippen molar-refractivity contribution in [3.8, 4) is 0 Å². The third-order valence-electron chi connectivity index (χ3n) is 4.29. The normalized spacial score (nSPS) is 19.1. The number of nitrogens with zero attached hydrogens (tertiary/aromatic N) is 1. The number of fused-ring (bicyclic) bond motifs is 1. The van der Waals surface area contributed by atoms with Crippen molar-refractivity contribution in [3.05, 3.63) is 29.3 Å². The number of aliphatic imine (C=N–C) groups is 1. The molecule has 0 spiro atoms. The first kappa shape index (κ1) is 16.5. The van der Waals surface area contributed by atoms with Crippen LogP contribution in [0.2, 0.25) is 0 Å². The molecule has 2 aliphatic carbocycles. The lowest BCUT2D eigenvalue weighted by molar-refractivity contribution is 0.0667. The summed E-state index contributed by atoms with van der Waals surface area (Å²) in [7, 11) is 0. The van der Waals surface area contributed by atoms with Crippen LogP contribution in [0.1, 0.15) is 30.4 Å². The van der Waals surface area contributed by atoms with Crippen LogP contribution in [0.25, 0.3) is 0 Å². The topological polar surface area (TPSA) is 50.4 Å². The van der Waals surface area contributed by atoms with Crippen LogP contribution in [0.4, 0.5) is 14.5 Å². The molecule has 21 heavy (non-hydrogen) atoms. The second kappa shape index (κ2) is 6.46. The van der Waals surface area contributed by atoms with Crippen LogP contribution in [0, 0.1) is 5.41 Å². The van der Waals surface area contributed by atoms with Crippen LogP contribution >= 0.6 is 24.0 Å². The Kier molecular flexibility index (Phi) is 5.06. The standard InChI is InChI=1S/C15H19F2N3.HI/c16-13(17)15(6-7-15)9-19-14(18)20-12-5-4-10-2-1-3-11(10)8-12;/h4-5,8,13H,1-3,6-7,9H2,(H3,18,19,20);1H. The second-order valence-electron chi connectivity index (χ2n) is 5.83. The van der Waals surface area contributed by atoms with Crippen molar-refractivity contribution in [3.63, 3.8) is 0 Å². The first-order valence-electron chi connectivity index (χ1n) is 7.06. The zero-order valence-electron chi connectivity index (χ0n) is 11.7. The summed E-state index contributed by atoms with van der Waals surface area (Å²) in [4.78, 5) is 4.07. The summed E-state index contributed by atoms with van der Waals surface area (Å²) in [5, 5.41) is 2.99. The van der Waals surface area contributed by atoms with Gasteiger partial charge in [0.15, 0.2) is 5.96 Å². The van der Waals surface area contributed by atoms with Gasteiger partial charge in [-0.2, -0.15) is 0 Å². The van der Waals surface area contributed by atoms with E-state index >= 15 is 0 Å². The molecule has 0 aromatic heterocycles. The van der Waals surface area contributed by atoms with Gasteiger partial charge in [0.25, 0.3) is 0 Å². The van der Waals surface area contributed by atoms with E-state index in [-0.39, 0.29) is 36.5 Å². The molecule has 3 rings (SSSR count). The summed E-state index contributed by atoms with van der Waals surface area (Å²) >= 11 is 0. The van der Waals surface area contributed by atoms with Gasteiger partial charge in [0.05, 0.1) is 12.0 Å². The van der Waals surface area contributed by atoms with Gasteiger partial charge in [-0.1, -0.05) is 6.07 Å². The molecule has 1 aromatic carbocycles. The molecule has 1 aromatic rings. The summed E-state index contributed by atoms with van der Waals surface area (Å²) in [5.74, 6) is 0.217. The number of hydrogen-bond acceptors (Lipinski definition) is 1. The molecule has 1 saturated carbocycles. The van der Waals surface area contributed by atoms with E-state index in [1.54, 1.807) is 0 Å². The Balaban J connectivity index is 0.00000161. The molecule has 0 unspecified atom stereocenters. The molecule has 0 bridgehead atoms. The number of alkyl halides is 2. The van der Waals surface area contributed by atoms with Gasteiger partial charge < -0.3 is 11.1 Å². The Morgan fingerprint density at radius 2 is 2.00 bits per heavy atom. The fourth-order valence-electron chi connectivity index (χ4n) is 2.69. The zero-order valence-corrected chi connectivity index (χ0v) is 14.1. The second-order valence-corrected chi connectivity index (χ2v) is 5.83. The van der Waals surface area contributed by atoms with Crippen molar-refractivity contribution in [2.45, 2.75) is 38.5 Å². The van der Waals surface area contributed by atoms with Crippen LogP contribution in [0.5, 0.6) is 0 Å². The number of rotatable bonds is 4. The monoisotopic (exact) mass is 407 g/mol. The highest BCUT2D eigenvalue weighted by Crippen LogP contribution is 2.50. The molecule has 0 heterocycles. The maximum atomic E-state index is 12.8. The van der Waals surface area contributed by atoms with Crippen molar-refractivity contribution in [2.24, 2.45) is 16.1 Å². The molecule has 0 atom stereocenters. The van der Waals surface area contributed by atoms with Gasteiger partial charge in [0.2, 0.25) is 6.43 Å². The number of nitrogens with two attached hydrogens (primary N) is 1. The molecule has 0 saturated heterocycles. The Labute approximate surface area is 140 Å². The Hall–Kier alpha value is -0.920. The third-order valence-corrected chi connectivity index (χ3v) is 4.29. The number of halogens is 3. The Bertz CT molecular complexity index is 542. The summed E-state index contributed by atoms with van der Waals surface area (Å²) in [6.07, 6.45) is 2.20. The maximum Gasteiger partial charge on any atom is 0.245 e. The lowest BCUT2D eigenvalue weighted by atomic mass is 10.1. The summed E-state index contributed by atoms with van der Waals surface area (Å²) < 4.78 is 25.5. The van der Waals surface area contributed by atoms with Gasteiger partial charge in [-0.05, 0) is 55.4 Å². The number of guanidine groups is 1. The van der Waals surface area contributed by atoms with Crippen molar-refractivity contribution in [1.82, 2.24) is 0 Å². The van der Waals surface area contributed by atoms with Crippen molar-refractivity contribution in [2.75, 3.05) is 11.9 Å². The Morgan fingerprint density at radius 1 is 1.29 bits per heavy atom. The molecule has 0 aliphatic heterocycles. The predicted octanol–water partition coefficient (Wildman–Crippen LogP) is 3.57. The minimum atomic E-state index is -2.31. The van der Waals surface area contributed by atoms with Crippen LogP contribution < -0.4 is 11.1 Å². The summed E-state index contributed by atoms with van der Waals surface area (Å²) in [6, 6.07) is 6.14.